The summed E-state index contributed by atoms with van der Waals surface area (Å²) in [6.07, 6.45) is 3.98. The molecule has 0 fully saturated rings. The summed E-state index contributed by atoms with van der Waals surface area (Å²) in [6, 6.07) is 0. The van der Waals surface area contributed by atoms with Gasteiger partial charge in [-0.25, -0.2) is 9.59 Å². The lowest BCUT2D eigenvalue weighted by molar-refractivity contribution is -0.143. The summed E-state index contributed by atoms with van der Waals surface area (Å²) < 4.78 is 20.3. The van der Waals surface area contributed by atoms with Gasteiger partial charge < -0.3 is 18.9 Å². The Kier molecular flexibility index (Phi) is 12.0. The molecule has 0 aromatic rings. The van der Waals surface area contributed by atoms with Gasteiger partial charge in [-0.1, -0.05) is 6.58 Å². The van der Waals surface area contributed by atoms with Crippen LogP contribution in [0.4, 0.5) is 0 Å². The lowest BCUT2D eigenvalue weighted by Crippen LogP contribution is -2.19. The van der Waals surface area contributed by atoms with Crippen LogP contribution < -0.4 is 0 Å². The second-order valence-corrected chi connectivity index (χ2v) is 6.75. The molecule has 0 aromatic heterocycles. The van der Waals surface area contributed by atoms with E-state index >= 15 is 0 Å². The largest absolute Gasteiger partial charge is 0.460 e. The number of esters is 2. The lowest BCUT2D eigenvalue weighted by atomic mass is 10.4. The van der Waals surface area contributed by atoms with Crippen molar-refractivity contribution >= 4 is 22.8 Å². The predicted octanol–water partition coefficient (Wildman–Crippen LogP) is 0.560. The van der Waals surface area contributed by atoms with Gasteiger partial charge in [0, 0.05) is 5.57 Å². The molecule has 0 saturated carbocycles. The van der Waals surface area contributed by atoms with Crippen molar-refractivity contribution in [2.24, 2.45) is 0 Å². The SMILES string of the molecule is C=C(C)C(=O)OCCOCCOCCOC(=O)C[S+](C)C. The first-order valence-corrected chi connectivity index (χ1v) is 8.82. The van der Waals surface area contributed by atoms with Crippen LogP contribution in [-0.4, -0.2) is 69.8 Å². The highest BCUT2D eigenvalue weighted by molar-refractivity contribution is 7.96. The van der Waals surface area contributed by atoms with E-state index in [-0.39, 0.29) is 30.1 Å². The van der Waals surface area contributed by atoms with Crippen molar-refractivity contribution in [1.29, 1.82) is 0 Å². The van der Waals surface area contributed by atoms with Crippen LogP contribution in [0.5, 0.6) is 0 Å². The molecule has 0 atom stereocenters. The van der Waals surface area contributed by atoms with E-state index in [1.54, 1.807) is 6.92 Å². The molecule has 0 aliphatic carbocycles. The number of rotatable bonds is 12. The van der Waals surface area contributed by atoms with E-state index in [1.165, 1.54) is 0 Å². The molecule has 7 heteroatoms. The van der Waals surface area contributed by atoms with E-state index in [0.717, 1.165) is 0 Å². The third-order valence-corrected chi connectivity index (χ3v) is 2.89. The van der Waals surface area contributed by atoms with Crippen molar-refractivity contribution in [1.82, 2.24) is 0 Å². The molecular weight excluding hydrogens is 296 g/mol. The molecule has 21 heavy (non-hydrogen) atoms. The first kappa shape index (κ1) is 19.9. The van der Waals surface area contributed by atoms with Gasteiger partial charge in [-0.3, -0.25) is 0 Å². The molecule has 6 nitrogen and oxygen atoms in total. The number of ether oxygens (including phenoxy) is 4. The van der Waals surface area contributed by atoms with Crippen LogP contribution in [0.15, 0.2) is 12.2 Å². The molecule has 0 aliphatic heterocycles. The number of carbonyl (C=O) groups excluding carboxylic acids is 2. The predicted molar refractivity (Wildman–Crippen MR) is 82.5 cm³/mol. The Balaban J connectivity index is 3.24. The van der Waals surface area contributed by atoms with Gasteiger partial charge in [0.2, 0.25) is 5.75 Å². The summed E-state index contributed by atoms with van der Waals surface area (Å²) in [6.45, 7) is 6.96. The fourth-order valence-corrected chi connectivity index (χ4v) is 1.68. The van der Waals surface area contributed by atoms with Crippen LogP contribution in [-0.2, 0) is 39.4 Å². The molecule has 0 amide bonds. The number of carbonyl (C=O) groups is 2. The molecule has 0 unspecified atom stereocenters. The lowest BCUT2D eigenvalue weighted by Gasteiger charge is -2.07. The summed E-state index contributed by atoms with van der Waals surface area (Å²) in [7, 11) is 0.0576. The van der Waals surface area contributed by atoms with Gasteiger partial charge in [0.15, 0.2) is 0 Å². The average Bonchev–Trinajstić information content (AvgIpc) is 2.39. The highest BCUT2D eigenvalue weighted by Crippen LogP contribution is 1.92. The average molecular weight is 321 g/mol. The molecule has 0 rings (SSSR count). The van der Waals surface area contributed by atoms with Crippen LogP contribution in [0, 0.1) is 0 Å². The second-order valence-electron chi connectivity index (χ2n) is 4.49. The molecule has 122 valence electrons. The zero-order chi connectivity index (χ0) is 16.1. The Morgan fingerprint density at radius 2 is 1.38 bits per heavy atom. The maximum Gasteiger partial charge on any atom is 0.356 e. The Bertz CT molecular complexity index is 329. The van der Waals surface area contributed by atoms with Crippen LogP contribution in [0.25, 0.3) is 0 Å². The second kappa shape index (κ2) is 12.7. The fourth-order valence-electron chi connectivity index (χ4n) is 1.13. The van der Waals surface area contributed by atoms with Gasteiger partial charge in [-0.05, 0) is 17.8 Å². The van der Waals surface area contributed by atoms with Crippen LogP contribution in [0.2, 0.25) is 0 Å². The van der Waals surface area contributed by atoms with Crippen LogP contribution in [0.3, 0.4) is 0 Å². The van der Waals surface area contributed by atoms with E-state index in [9.17, 15) is 9.59 Å². The first-order chi connectivity index (χ1) is 9.93. The molecule has 0 heterocycles. The molecule has 0 bridgehead atoms. The monoisotopic (exact) mass is 321 g/mol. The molecule has 0 aromatic carbocycles. The van der Waals surface area contributed by atoms with Gasteiger partial charge in [0.25, 0.3) is 0 Å². The third kappa shape index (κ3) is 13.7. The van der Waals surface area contributed by atoms with Gasteiger partial charge in [0.05, 0.1) is 38.9 Å². The van der Waals surface area contributed by atoms with Gasteiger partial charge in [-0.15, -0.1) is 0 Å². The summed E-state index contributed by atoms with van der Waals surface area (Å²) in [5, 5.41) is 0. The van der Waals surface area contributed by atoms with Crippen LogP contribution in [0.1, 0.15) is 6.92 Å². The van der Waals surface area contributed by atoms with Crippen LogP contribution >= 0.6 is 0 Å². The minimum Gasteiger partial charge on any atom is -0.460 e. The quantitative estimate of drug-likeness (QED) is 0.226. The third-order valence-electron chi connectivity index (χ3n) is 2.08. The van der Waals surface area contributed by atoms with Crippen molar-refractivity contribution in [3.05, 3.63) is 12.2 Å². The molecule has 0 aliphatic rings. The van der Waals surface area contributed by atoms with Gasteiger partial charge in [0.1, 0.15) is 13.2 Å². The zero-order valence-corrected chi connectivity index (χ0v) is 13.8. The Morgan fingerprint density at radius 3 is 1.86 bits per heavy atom. The van der Waals surface area contributed by atoms with Gasteiger partial charge in [-0.2, -0.15) is 0 Å². The summed E-state index contributed by atoms with van der Waals surface area (Å²) in [5.74, 6) is -0.160. The van der Waals surface area contributed by atoms with Crippen molar-refractivity contribution < 1.29 is 28.5 Å². The van der Waals surface area contributed by atoms with E-state index in [1.807, 2.05) is 12.5 Å². The van der Waals surface area contributed by atoms with Crippen molar-refractivity contribution in [3.63, 3.8) is 0 Å². The summed E-state index contributed by atoms with van der Waals surface area (Å²) in [5.41, 5.74) is 0.367. The van der Waals surface area contributed by atoms with Gasteiger partial charge >= 0.3 is 11.9 Å². The molecular formula is C14H25O6S+. The topological polar surface area (TPSA) is 71.1 Å². The molecule has 0 spiro atoms. The van der Waals surface area contributed by atoms with E-state index in [4.69, 9.17) is 18.9 Å². The highest BCUT2D eigenvalue weighted by atomic mass is 32.2. The Hall–Kier alpha value is -1.05. The maximum atomic E-state index is 11.2. The van der Waals surface area contributed by atoms with E-state index in [0.29, 0.717) is 37.8 Å². The number of hydrogen-bond donors (Lipinski definition) is 0. The smallest absolute Gasteiger partial charge is 0.356 e. The molecule has 0 saturated heterocycles. The molecule has 0 radical (unpaired) electrons. The summed E-state index contributed by atoms with van der Waals surface area (Å²) in [4.78, 5) is 22.2. The maximum absolute atomic E-state index is 11.2. The van der Waals surface area contributed by atoms with E-state index < -0.39 is 5.97 Å². The molecule has 0 N–H and O–H groups in total. The summed E-state index contributed by atoms with van der Waals surface area (Å²) >= 11 is 0. The Morgan fingerprint density at radius 1 is 0.905 bits per heavy atom. The minimum atomic E-state index is -0.418. The van der Waals surface area contributed by atoms with E-state index in [2.05, 4.69) is 6.58 Å². The van der Waals surface area contributed by atoms with Crippen molar-refractivity contribution in [3.8, 4) is 0 Å². The Labute approximate surface area is 129 Å². The minimum absolute atomic E-state index is 0.0576. The van der Waals surface area contributed by atoms with Crippen molar-refractivity contribution in [2.75, 3.05) is 57.9 Å². The first-order valence-electron chi connectivity index (χ1n) is 6.61. The normalized spacial score (nSPS) is 10.5. The zero-order valence-electron chi connectivity index (χ0n) is 13.0. The fraction of sp³-hybridized carbons (Fsp3) is 0.714. The van der Waals surface area contributed by atoms with Crippen molar-refractivity contribution in [2.45, 2.75) is 6.92 Å². The standard InChI is InChI=1S/C14H25O6S/c1-12(2)14(16)20-10-8-18-6-5-17-7-9-19-13(15)11-21(3)4/h1,5-11H2,2-4H3/q+1. The number of hydrogen-bond acceptors (Lipinski definition) is 6. The highest BCUT2D eigenvalue weighted by Gasteiger charge is 2.12.